The minimum atomic E-state index is 0.895. The second-order valence-corrected chi connectivity index (χ2v) is 8.09. The molecule has 7 heteroatoms. The molecule has 4 rings (SSSR count). The molecule has 1 aromatic carbocycles. The van der Waals surface area contributed by atoms with Crippen molar-refractivity contribution in [2.75, 3.05) is 43.4 Å². The van der Waals surface area contributed by atoms with Crippen LogP contribution in [0.5, 0.6) is 0 Å². The summed E-state index contributed by atoms with van der Waals surface area (Å²) in [5.74, 6) is 0.895. The lowest BCUT2D eigenvalue weighted by Gasteiger charge is -2.34. The van der Waals surface area contributed by atoms with Crippen molar-refractivity contribution < 1.29 is 0 Å². The Bertz CT molecular complexity index is 833. The van der Waals surface area contributed by atoms with E-state index in [9.17, 15) is 0 Å². The molecule has 130 valence electrons. The summed E-state index contributed by atoms with van der Waals surface area (Å²) in [6, 6.07) is 12.7. The monoisotopic (exact) mass is 417 g/mol. The van der Waals surface area contributed by atoms with Gasteiger partial charge in [-0.2, -0.15) is 5.10 Å². The molecule has 1 aliphatic heterocycles. The number of aromatic nitrogens is 2. The Morgan fingerprint density at radius 1 is 1.12 bits per heavy atom. The van der Waals surface area contributed by atoms with Gasteiger partial charge in [-0.1, -0.05) is 0 Å². The smallest absolute Gasteiger partial charge is 0.126 e. The summed E-state index contributed by atoms with van der Waals surface area (Å²) in [4.78, 5) is 5.95. The number of thiophene rings is 1. The fourth-order valence-corrected chi connectivity index (χ4v) is 4.32. The van der Waals surface area contributed by atoms with Crippen LogP contribution in [-0.4, -0.2) is 48.3 Å². The Labute approximate surface area is 159 Å². The summed E-state index contributed by atoms with van der Waals surface area (Å²) in [5.41, 5.74) is 3.29. The maximum absolute atomic E-state index is 4.38. The molecule has 0 radical (unpaired) electrons. The number of aromatic amines is 1. The van der Waals surface area contributed by atoms with E-state index in [1.165, 1.54) is 5.69 Å². The Morgan fingerprint density at radius 2 is 1.88 bits per heavy atom. The maximum Gasteiger partial charge on any atom is 0.126 e. The highest BCUT2D eigenvalue weighted by molar-refractivity contribution is 9.10. The van der Waals surface area contributed by atoms with Gasteiger partial charge in [-0.25, -0.2) is 0 Å². The van der Waals surface area contributed by atoms with Crippen molar-refractivity contribution in [3.8, 4) is 10.6 Å². The Kier molecular flexibility index (Phi) is 4.78. The summed E-state index contributed by atoms with van der Waals surface area (Å²) in [7, 11) is 2.18. The number of piperazine rings is 1. The van der Waals surface area contributed by atoms with E-state index in [2.05, 4.69) is 84.0 Å². The molecule has 1 fully saturated rings. The van der Waals surface area contributed by atoms with Gasteiger partial charge in [0.25, 0.3) is 0 Å². The minimum Gasteiger partial charge on any atom is -0.369 e. The number of rotatable bonds is 4. The molecule has 0 spiro atoms. The number of benzene rings is 1. The molecular formula is C18H20BrN5S. The van der Waals surface area contributed by atoms with Crippen molar-refractivity contribution in [2.24, 2.45) is 0 Å². The lowest BCUT2D eigenvalue weighted by atomic mass is 10.2. The molecule has 0 saturated carbocycles. The van der Waals surface area contributed by atoms with Gasteiger partial charge in [0.15, 0.2) is 0 Å². The zero-order chi connectivity index (χ0) is 17.2. The molecule has 0 aliphatic carbocycles. The van der Waals surface area contributed by atoms with Crippen LogP contribution < -0.4 is 10.2 Å². The van der Waals surface area contributed by atoms with Gasteiger partial charge in [-0.05, 0) is 53.3 Å². The van der Waals surface area contributed by atoms with Gasteiger partial charge in [0.05, 0.1) is 4.88 Å². The van der Waals surface area contributed by atoms with Crippen LogP contribution in [0.25, 0.3) is 10.6 Å². The van der Waals surface area contributed by atoms with E-state index in [1.807, 2.05) is 6.07 Å². The third kappa shape index (κ3) is 3.89. The van der Waals surface area contributed by atoms with E-state index < -0.39 is 0 Å². The zero-order valence-corrected chi connectivity index (χ0v) is 16.4. The SMILES string of the molecule is CN1CCN(c2ccc(Nc3cc(-c4cc(Br)cs4)n[nH]3)cc2)CC1. The normalized spacial score (nSPS) is 15.5. The molecule has 0 amide bonds. The molecule has 25 heavy (non-hydrogen) atoms. The largest absolute Gasteiger partial charge is 0.369 e. The number of hydrogen-bond acceptors (Lipinski definition) is 5. The number of anilines is 3. The van der Waals surface area contributed by atoms with Crippen LogP contribution in [-0.2, 0) is 0 Å². The number of likely N-dealkylation sites (N-methyl/N-ethyl adjacent to an activating group) is 1. The quantitative estimate of drug-likeness (QED) is 0.660. The maximum atomic E-state index is 4.38. The third-order valence-electron chi connectivity index (χ3n) is 4.41. The topological polar surface area (TPSA) is 47.2 Å². The van der Waals surface area contributed by atoms with Crippen molar-refractivity contribution in [3.05, 3.63) is 46.3 Å². The highest BCUT2D eigenvalue weighted by Gasteiger charge is 2.14. The summed E-state index contributed by atoms with van der Waals surface area (Å²) in [6.07, 6.45) is 0. The van der Waals surface area contributed by atoms with Crippen molar-refractivity contribution in [2.45, 2.75) is 0 Å². The van der Waals surface area contributed by atoms with Gasteiger partial charge < -0.3 is 15.1 Å². The predicted molar refractivity (Wildman–Crippen MR) is 109 cm³/mol. The second kappa shape index (κ2) is 7.19. The number of nitrogens with zero attached hydrogens (tertiary/aromatic N) is 3. The van der Waals surface area contributed by atoms with E-state index in [-0.39, 0.29) is 0 Å². The van der Waals surface area contributed by atoms with Crippen molar-refractivity contribution in [3.63, 3.8) is 0 Å². The van der Waals surface area contributed by atoms with E-state index in [0.717, 1.165) is 52.7 Å². The second-order valence-electron chi connectivity index (χ2n) is 6.26. The molecule has 0 unspecified atom stereocenters. The van der Waals surface area contributed by atoms with Crippen LogP contribution in [0, 0.1) is 0 Å². The highest BCUT2D eigenvalue weighted by Crippen LogP contribution is 2.30. The van der Waals surface area contributed by atoms with Crippen molar-refractivity contribution >= 4 is 44.5 Å². The van der Waals surface area contributed by atoms with Crippen LogP contribution in [0.4, 0.5) is 17.2 Å². The van der Waals surface area contributed by atoms with Crippen molar-refractivity contribution in [1.29, 1.82) is 0 Å². The molecule has 1 saturated heterocycles. The molecule has 3 heterocycles. The first-order chi connectivity index (χ1) is 12.2. The van der Waals surface area contributed by atoms with Crippen LogP contribution in [0.15, 0.2) is 46.3 Å². The zero-order valence-electron chi connectivity index (χ0n) is 14.0. The van der Waals surface area contributed by atoms with Gasteiger partial charge in [0, 0.05) is 53.5 Å². The predicted octanol–water partition coefficient (Wildman–Crippen LogP) is 4.40. The molecule has 2 N–H and O–H groups in total. The lowest BCUT2D eigenvalue weighted by molar-refractivity contribution is 0.313. The Hall–Kier alpha value is -1.83. The van der Waals surface area contributed by atoms with Gasteiger partial charge in [-0.15, -0.1) is 11.3 Å². The number of halogens is 1. The first-order valence-corrected chi connectivity index (χ1v) is 9.95. The molecular weight excluding hydrogens is 398 g/mol. The molecule has 1 aliphatic rings. The van der Waals surface area contributed by atoms with E-state index in [4.69, 9.17) is 0 Å². The molecule has 3 aromatic rings. The standard InChI is InChI=1S/C18H20BrN5S/c1-23-6-8-24(9-7-23)15-4-2-14(3-5-15)20-18-11-16(21-22-18)17-10-13(19)12-25-17/h2-5,10-12H,6-9H2,1H3,(H2,20,21,22). The molecule has 2 aromatic heterocycles. The van der Waals surface area contributed by atoms with E-state index in [0.29, 0.717) is 0 Å². The van der Waals surface area contributed by atoms with E-state index >= 15 is 0 Å². The average molecular weight is 418 g/mol. The van der Waals surface area contributed by atoms with Crippen LogP contribution in [0.1, 0.15) is 0 Å². The van der Waals surface area contributed by atoms with Crippen LogP contribution in [0.3, 0.4) is 0 Å². The fraction of sp³-hybridized carbons (Fsp3) is 0.278. The Morgan fingerprint density at radius 3 is 2.56 bits per heavy atom. The summed E-state index contributed by atoms with van der Waals surface area (Å²) < 4.78 is 1.09. The van der Waals surface area contributed by atoms with Gasteiger partial charge >= 0.3 is 0 Å². The fourth-order valence-electron chi connectivity index (χ4n) is 2.94. The molecule has 0 bridgehead atoms. The van der Waals surface area contributed by atoms with E-state index in [1.54, 1.807) is 11.3 Å². The number of H-pyrrole nitrogens is 1. The first-order valence-electron chi connectivity index (χ1n) is 8.28. The van der Waals surface area contributed by atoms with Gasteiger partial charge in [0.2, 0.25) is 0 Å². The van der Waals surface area contributed by atoms with Crippen LogP contribution >= 0.6 is 27.3 Å². The van der Waals surface area contributed by atoms with Crippen LogP contribution in [0.2, 0.25) is 0 Å². The minimum absolute atomic E-state index is 0.895. The number of hydrogen-bond donors (Lipinski definition) is 2. The third-order valence-corrected chi connectivity index (χ3v) is 6.13. The first kappa shape index (κ1) is 16.6. The van der Waals surface area contributed by atoms with Crippen molar-refractivity contribution in [1.82, 2.24) is 15.1 Å². The molecule has 5 nitrogen and oxygen atoms in total. The highest BCUT2D eigenvalue weighted by atomic mass is 79.9. The number of nitrogens with one attached hydrogen (secondary N) is 2. The summed E-state index contributed by atoms with van der Waals surface area (Å²) in [6.45, 7) is 4.42. The lowest BCUT2D eigenvalue weighted by Crippen LogP contribution is -2.44. The van der Waals surface area contributed by atoms with Gasteiger partial charge in [0.1, 0.15) is 11.5 Å². The summed E-state index contributed by atoms with van der Waals surface area (Å²) in [5, 5.41) is 12.9. The molecule has 0 atom stereocenters. The Balaban J connectivity index is 1.42. The average Bonchev–Trinajstić information content (AvgIpc) is 3.25. The van der Waals surface area contributed by atoms with Gasteiger partial charge in [-0.3, -0.25) is 5.10 Å². The summed E-state index contributed by atoms with van der Waals surface area (Å²) >= 11 is 5.16.